The fraction of sp³-hybridized carbons (Fsp3) is 0.500. The number of pyridine rings is 1. The summed E-state index contributed by atoms with van der Waals surface area (Å²) in [7, 11) is -1.85. The van der Waals surface area contributed by atoms with Crippen LogP contribution in [0.4, 0.5) is 5.69 Å². The summed E-state index contributed by atoms with van der Waals surface area (Å²) in [5.74, 6) is 0.533. The minimum atomic E-state index is -3.40. The highest BCUT2D eigenvalue weighted by molar-refractivity contribution is 8.13. The molecule has 1 aliphatic rings. The number of nitrogens with zero attached hydrogens (tertiary/aromatic N) is 3. The molecule has 0 amide bonds. The van der Waals surface area contributed by atoms with E-state index in [4.69, 9.17) is 8.92 Å². The van der Waals surface area contributed by atoms with Crippen molar-refractivity contribution < 1.29 is 17.3 Å². The van der Waals surface area contributed by atoms with Crippen LogP contribution in [-0.2, 0) is 14.3 Å². The molecule has 1 fully saturated rings. The van der Waals surface area contributed by atoms with Crippen LogP contribution in [-0.4, -0.2) is 62.3 Å². The highest BCUT2D eigenvalue weighted by atomic mass is 32.2. The molecule has 9 heteroatoms. The van der Waals surface area contributed by atoms with E-state index in [1.54, 1.807) is 19.4 Å². The lowest BCUT2D eigenvalue weighted by atomic mass is 10.2. The molecule has 0 aliphatic carbocycles. The third-order valence-corrected chi connectivity index (χ3v) is 4.10. The van der Waals surface area contributed by atoms with Crippen LogP contribution >= 0.6 is 11.8 Å². The summed E-state index contributed by atoms with van der Waals surface area (Å²) in [6.45, 7) is 1.02. The Labute approximate surface area is 128 Å². The van der Waals surface area contributed by atoms with E-state index in [1.165, 1.54) is 11.8 Å². The first-order chi connectivity index (χ1) is 9.91. The first-order valence-corrected chi connectivity index (χ1v) is 9.21. The van der Waals surface area contributed by atoms with Gasteiger partial charge in [0, 0.05) is 19.2 Å². The summed E-state index contributed by atoms with van der Waals surface area (Å²) in [5.41, 5.74) is 0.715. The van der Waals surface area contributed by atoms with E-state index in [0.717, 1.165) is 11.4 Å². The number of rotatable bonds is 4. The maximum Gasteiger partial charge on any atom is 0.264 e. The summed E-state index contributed by atoms with van der Waals surface area (Å²) in [5, 5.41) is 0.801. The largest absolute Gasteiger partial charge is 0.481 e. The average molecular weight is 331 g/mol. The van der Waals surface area contributed by atoms with Gasteiger partial charge in [0.05, 0.1) is 25.2 Å². The second kappa shape index (κ2) is 6.63. The van der Waals surface area contributed by atoms with Crippen molar-refractivity contribution in [3.8, 4) is 5.88 Å². The Morgan fingerprint density at radius 2 is 2.19 bits per heavy atom. The zero-order valence-electron chi connectivity index (χ0n) is 12.0. The lowest BCUT2D eigenvalue weighted by Crippen LogP contribution is -2.54. The van der Waals surface area contributed by atoms with Crippen molar-refractivity contribution in [1.29, 1.82) is 0 Å². The monoisotopic (exact) mass is 331 g/mol. The fourth-order valence-electron chi connectivity index (χ4n) is 1.82. The number of ether oxygens (including phenoxy) is 1. The average Bonchev–Trinajstić information content (AvgIpc) is 2.40. The Morgan fingerprint density at radius 1 is 1.48 bits per heavy atom. The summed E-state index contributed by atoms with van der Waals surface area (Å²) in [6.07, 6.45) is 4.30. The molecule has 0 saturated carbocycles. The molecule has 0 aromatic carbocycles. The molecule has 21 heavy (non-hydrogen) atoms. The Balaban J connectivity index is 1.99. The van der Waals surface area contributed by atoms with Crippen LogP contribution in [0.25, 0.3) is 0 Å². The summed E-state index contributed by atoms with van der Waals surface area (Å²) in [4.78, 5) is 10.5. The second-order valence-corrected chi connectivity index (χ2v) is 6.86. The van der Waals surface area contributed by atoms with Crippen LogP contribution in [0.3, 0.4) is 0 Å². The predicted octanol–water partition coefficient (Wildman–Crippen LogP) is 1.10. The first kappa shape index (κ1) is 16.1. The molecule has 0 unspecified atom stereocenters. The summed E-state index contributed by atoms with van der Waals surface area (Å²) < 4.78 is 32.0. The minimum Gasteiger partial charge on any atom is -0.481 e. The van der Waals surface area contributed by atoms with Crippen LogP contribution in [0.2, 0.25) is 0 Å². The molecule has 1 aliphatic heterocycles. The van der Waals surface area contributed by atoms with Gasteiger partial charge >= 0.3 is 0 Å². The van der Waals surface area contributed by atoms with Crippen LogP contribution in [0.15, 0.2) is 23.3 Å². The molecule has 116 valence electrons. The number of methoxy groups -OCH3 is 1. The number of aliphatic imine (C=N–C) groups is 1. The Hall–Kier alpha value is -1.32. The number of hydrogen-bond acceptors (Lipinski definition) is 7. The number of hydrogen-bond donors (Lipinski definition) is 0. The van der Waals surface area contributed by atoms with Gasteiger partial charge in [-0.2, -0.15) is 8.42 Å². The van der Waals surface area contributed by atoms with E-state index >= 15 is 0 Å². The second-order valence-electron chi connectivity index (χ2n) is 4.48. The molecule has 0 spiro atoms. The van der Waals surface area contributed by atoms with Gasteiger partial charge in [-0.05, 0) is 12.3 Å². The van der Waals surface area contributed by atoms with Gasteiger partial charge < -0.3 is 9.64 Å². The van der Waals surface area contributed by atoms with E-state index in [-0.39, 0.29) is 6.10 Å². The Kier molecular flexibility index (Phi) is 5.07. The maximum absolute atomic E-state index is 11.0. The summed E-state index contributed by atoms with van der Waals surface area (Å²) >= 11 is 1.49. The van der Waals surface area contributed by atoms with E-state index in [2.05, 4.69) is 9.98 Å². The topological polar surface area (TPSA) is 81.1 Å². The zero-order valence-corrected chi connectivity index (χ0v) is 13.6. The molecular formula is C12H17N3O4S2. The third kappa shape index (κ3) is 4.58. The van der Waals surface area contributed by atoms with Gasteiger partial charge in [0.15, 0.2) is 5.17 Å². The van der Waals surface area contributed by atoms with E-state index in [1.807, 2.05) is 17.2 Å². The SMILES string of the molecule is COc1ccc(/N=C(\SC)N2CC(OS(C)(=O)=O)C2)cn1. The van der Waals surface area contributed by atoms with Gasteiger partial charge in [0.1, 0.15) is 6.10 Å². The van der Waals surface area contributed by atoms with Gasteiger partial charge in [-0.3, -0.25) is 4.18 Å². The smallest absolute Gasteiger partial charge is 0.264 e. The molecule has 1 aromatic rings. The van der Waals surface area contributed by atoms with E-state index in [0.29, 0.717) is 24.7 Å². The van der Waals surface area contributed by atoms with Crippen LogP contribution in [0.1, 0.15) is 0 Å². The van der Waals surface area contributed by atoms with Gasteiger partial charge in [-0.1, -0.05) is 11.8 Å². The highest BCUT2D eigenvalue weighted by Gasteiger charge is 2.32. The van der Waals surface area contributed by atoms with Crippen molar-refractivity contribution in [3.05, 3.63) is 18.3 Å². The predicted molar refractivity (Wildman–Crippen MR) is 82.7 cm³/mol. The Bertz CT molecular complexity index is 610. The van der Waals surface area contributed by atoms with Crippen molar-refractivity contribution >= 4 is 32.7 Å². The number of likely N-dealkylation sites (tertiary alicyclic amines) is 1. The lowest BCUT2D eigenvalue weighted by Gasteiger charge is -2.39. The molecule has 2 heterocycles. The molecule has 0 radical (unpaired) electrons. The normalized spacial score (nSPS) is 16.7. The Morgan fingerprint density at radius 3 is 2.67 bits per heavy atom. The zero-order chi connectivity index (χ0) is 15.5. The van der Waals surface area contributed by atoms with Crippen molar-refractivity contribution in [1.82, 2.24) is 9.88 Å². The minimum absolute atomic E-state index is 0.300. The van der Waals surface area contributed by atoms with Crippen LogP contribution in [0.5, 0.6) is 5.88 Å². The quantitative estimate of drug-likeness (QED) is 0.464. The molecule has 0 atom stereocenters. The molecule has 0 N–H and O–H groups in total. The van der Waals surface area contributed by atoms with Crippen molar-refractivity contribution in [2.75, 3.05) is 32.7 Å². The van der Waals surface area contributed by atoms with E-state index in [9.17, 15) is 8.42 Å². The molecule has 0 bridgehead atoms. The van der Waals surface area contributed by atoms with Crippen molar-refractivity contribution in [2.24, 2.45) is 4.99 Å². The maximum atomic E-state index is 11.0. The van der Waals surface area contributed by atoms with Gasteiger partial charge in [0.2, 0.25) is 5.88 Å². The fourth-order valence-corrected chi connectivity index (χ4v) is 3.04. The molecule has 7 nitrogen and oxygen atoms in total. The van der Waals surface area contributed by atoms with Crippen molar-refractivity contribution in [3.63, 3.8) is 0 Å². The molecular weight excluding hydrogens is 314 g/mol. The lowest BCUT2D eigenvalue weighted by molar-refractivity contribution is 0.0767. The van der Waals surface area contributed by atoms with Crippen LogP contribution in [0, 0.1) is 0 Å². The van der Waals surface area contributed by atoms with Gasteiger partial charge in [-0.15, -0.1) is 0 Å². The molecule has 1 aromatic heterocycles. The van der Waals surface area contributed by atoms with Gasteiger partial charge in [0.25, 0.3) is 10.1 Å². The number of aromatic nitrogens is 1. The number of thioether (sulfide) groups is 1. The third-order valence-electron chi connectivity index (χ3n) is 2.77. The van der Waals surface area contributed by atoms with Crippen molar-refractivity contribution in [2.45, 2.75) is 6.10 Å². The molecule has 1 saturated heterocycles. The first-order valence-electron chi connectivity index (χ1n) is 6.17. The summed E-state index contributed by atoms with van der Waals surface area (Å²) in [6, 6.07) is 3.55. The molecule has 2 rings (SSSR count). The van der Waals surface area contributed by atoms with E-state index < -0.39 is 10.1 Å². The standard InChI is InChI=1S/C12H17N3O4S2/c1-18-11-5-4-9(6-13-11)14-12(20-2)15-7-10(8-15)19-21(3,16)17/h4-6,10H,7-8H2,1-3H3/b14-12-. The van der Waals surface area contributed by atoms with Crippen LogP contribution < -0.4 is 4.74 Å². The van der Waals surface area contributed by atoms with Gasteiger partial charge in [-0.25, -0.2) is 9.98 Å². The number of amidine groups is 1. The highest BCUT2D eigenvalue weighted by Crippen LogP contribution is 2.22.